The molecule has 1 aliphatic heterocycles. The van der Waals surface area contributed by atoms with Crippen LogP contribution in [0.5, 0.6) is 5.75 Å². The van der Waals surface area contributed by atoms with Gasteiger partial charge in [-0.2, -0.15) is 5.26 Å². The monoisotopic (exact) mass is 338 g/mol. The molecule has 0 unspecified atom stereocenters. The van der Waals surface area contributed by atoms with E-state index in [1.54, 1.807) is 24.3 Å². The lowest BCUT2D eigenvalue weighted by Crippen LogP contribution is -2.41. The highest BCUT2D eigenvalue weighted by Crippen LogP contribution is 2.31. The second kappa shape index (κ2) is 7.75. The van der Waals surface area contributed by atoms with E-state index in [1.165, 1.54) is 5.69 Å². The maximum absolute atomic E-state index is 12.5. The second-order valence-corrected chi connectivity index (χ2v) is 6.11. The molecule has 0 spiro atoms. The van der Waals surface area contributed by atoms with Crippen molar-refractivity contribution < 1.29 is 9.53 Å². The number of likely N-dealkylation sites (tertiary alicyclic amines) is 1. The van der Waals surface area contributed by atoms with Gasteiger partial charge in [0.25, 0.3) is 0 Å². The molecular formula is C19H22N4O2. The Morgan fingerprint density at radius 2 is 2.16 bits per heavy atom. The molecule has 1 aliphatic rings. The standard InChI is InChI=1S/C19H22N4O2/c1-22-11-2-4-17(22)18-5-3-12-23(18)19(24)21-10-13-25-16-8-6-15(14-20)7-9-16/h2,4,6-9,11,18H,3,5,10,12-13H2,1H3,(H,21,24)/t18-/m0/s1. The predicted molar refractivity (Wildman–Crippen MR) is 94.1 cm³/mol. The Bertz CT molecular complexity index is 760. The van der Waals surface area contributed by atoms with Crippen molar-refractivity contribution in [3.05, 3.63) is 53.9 Å². The SMILES string of the molecule is Cn1cccc1[C@@H]1CCCN1C(=O)NCCOc1ccc(C#N)cc1. The third-order valence-electron chi connectivity index (χ3n) is 4.47. The van der Waals surface area contributed by atoms with E-state index in [0.717, 1.165) is 19.4 Å². The number of amides is 2. The summed E-state index contributed by atoms with van der Waals surface area (Å²) in [6.45, 7) is 1.60. The van der Waals surface area contributed by atoms with E-state index in [-0.39, 0.29) is 12.1 Å². The summed E-state index contributed by atoms with van der Waals surface area (Å²) in [5.74, 6) is 0.691. The Kier molecular flexibility index (Phi) is 5.24. The van der Waals surface area contributed by atoms with E-state index < -0.39 is 0 Å². The van der Waals surface area contributed by atoms with Gasteiger partial charge in [0.1, 0.15) is 12.4 Å². The van der Waals surface area contributed by atoms with E-state index in [4.69, 9.17) is 10.00 Å². The molecule has 130 valence electrons. The quantitative estimate of drug-likeness (QED) is 0.852. The minimum absolute atomic E-state index is 0.0490. The van der Waals surface area contributed by atoms with Gasteiger partial charge in [0.2, 0.25) is 0 Å². The molecule has 0 bridgehead atoms. The Labute approximate surface area is 147 Å². The molecule has 0 aliphatic carbocycles. The number of aryl methyl sites for hydroxylation is 1. The average Bonchev–Trinajstić information content (AvgIpc) is 3.27. The number of hydrogen-bond donors (Lipinski definition) is 1. The maximum Gasteiger partial charge on any atom is 0.318 e. The number of nitriles is 1. The Balaban J connectivity index is 1.47. The molecule has 25 heavy (non-hydrogen) atoms. The fourth-order valence-electron chi connectivity index (χ4n) is 3.19. The van der Waals surface area contributed by atoms with Crippen LogP contribution in [0.3, 0.4) is 0 Å². The fraction of sp³-hybridized carbons (Fsp3) is 0.368. The summed E-state index contributed by atoms with van der Waals surface area (Å²) in [5.41, 5.74) is 1.77. The topological polar surface area (TPSA) is 70.3 Å². The van der Waals surface area contributed by atoms with Gasteiger partial charge in [0.05, 0.1) is 24.2 Å². The van der Waals surface area contributed by atoms with Crippen molar-refractivity contribution >= 4 is 6.03 Å². The van der Waals surface area contributed by atoms with Gasteiger partial charge < -0.3 is 19.5 Å². The van der Waals surface area contributed by atoms with E-state index in [9.17, 15) is 4.79 Å². The number of urea groups is 1. The van der Waals surface area contributed by atoms with Gasteiger partial charge in [-0.15, -0.1) is 0 Å². The molecular weight excluding hydrogens is 316 g/mol. The molecule has 1 saturated heterocycles. The molecule has 1 aromatic carbocycles. The summed E-state index contributed by atoms with van der Waals surface area (Å²) in [6.07, 6.45) is 4.02. The number of nitrogens with zero attached hydrogens (tertiary/aromatic N) is 3. The molecule has 0 radical (unpaired) electrons. The molecule has 6 heteroatoms. The number of carbonyl (C=O) groups excluding carboxylic acids is 1. The average molecular weight is 338 g/mol. The highest BCUT2D eigenvalue weighted by Gasteiger charge is 2.31. The highest BCUT2D eigenvalue weighted by molar-refractivity contribution is 5.75. The smallest absolute Gasteiger partial charge is 0.318 e. The van der Waals surface area contributed by atoms with Crippen molar-refractivity contribution in [3.8, 4) is 11.8 Å². The molecule has 2 aromatic rings. The Morgan fingerprint density at radius 1 is 1.36 bits per heavy atom. The zero-order valence-corrected chi connectivity index (χ0v) is 14.3. The minimum atomic E-state index is -0.0490. The van der Waals surface area contributed by atoms with Crippen molar-refractivity contribution in [1.82, 2.24) is 14.8 Å². The third-order valence-corrected chi connectivity index (χ3v) is 4.47. The lowest BCUT2D eigenvalue weighted by atomic mass is 10.1. The van der Waals surface area contributed by atoms with E-state index in [2.05, 4.69) is 22.0 Å². The molecule has 0 saturated carbocycles. The number of nitrogens with one attached hydrogen (secondary N) is 1. The third kappa shape index (κ3) is 3.94. The van der Waals surface area contributed by atoms with Crippen LogP contribution in [-0.2, 0) is 7.05 Å². The molecule has 6 nitrogen and oxygen atoms in total. The summed E-state index contributed by atoms with van der Waals surface area (Å²) in [7, 11) is 2.01. The summed E-state index contributed by atoms with van der Waals surface area (Å²) in [4.78, 5) is 14.4. The number of carbonyl (C=O) groups is 1. The first-order valence-corrected chi connectivity index (χ1v) is 8.47. The first-order valence-electron chi connectivity index (χ1n) is 8.47. The summed E-state index contributed by atoms with van der Waals surface area (Å²) >= 11 is 0. The van der Waals surface area contributed by atoms with Crippen molar-refractivity contribution in [2.75, 3.05) is 19.7 Å². The maximum atomic E-state index is 12.5. The molecule has 1 fully saturated rings. The highest BCUT2D eigenvalue weighted by atomic mass is 16.5. The second-order valence-electron chi connectivity index (χ2n) is 6.11. The largest absolute Gasteiger partial charge is 0.492 e. The van der Waals surface area contributed by atoms with Crippen molar-refractivity contribution in [2.24, 2.45) is 7.05 Å². The van der Waals surface area contributed by atoms with Crippen LogP contribution < -0.4 is 10.1 Å². The molecule has 1 aromatic heterocycles. The van der Waals surface area contributed by atoms with Gasteiger partial charge in [-0.3, -0.25) is 0 Å². The number of benzene rings is 1. The van der Waals surface area contributed by atoms with Gasteiger partial charge in [0, 0.05) is 25.5 Å². The summed E-state index contributed by atoms with van der Waals surface area (Å²) < 4.78 is 7.66. The first-order chi connectivity index (χ1) is 12.2. The lowest BCUT2D eigenvalue weighted by molar-refractivity contribution is 0.188. The number of rotatable bonds is 5. The van der Waals surface area contributed by atoms with Crippen molar-refractivity contribution in [3.63, 3.8) is 0 Å². The number of aromatic nitrogens is 1. The van der Waals surface area contributed by atoms with Gasteiger partial charge in [-0.1, -0.05) is 0 Å². The van der Waals surface area contributed by atoms with Crippen LogP contribution in [-0.4, -0.2) is 35.2 Å². The van der Waals surface area contributed by atoms with Crippen molar-refractivity contribution in [2.45, 2.75) is 18.9 Å². The molecule has 3 rings (SSSR count). The van der Waals surface area contributed by atoms with Gasteiger partial charge >= 0.3 is 6.03 Å². The predicted octanol–water partition coefficient (Wildman–Crippen LogP) is 2.82. The summed E-state index contributed by atoms with van der Waals surface area (Å²) in [5, 5.41) is 11.7. The van der Waals surface area contributed by atoms with Crippen LogP contribution >= 0.6 is 0 Å². The van der Waals surface area contributed by atoms with Crippen LogP contribution in [0.2, 0.25) is 0 Å². The van der Waals surface area contributed by atoms with Crippen LogP contribution in [0, 0.1) is 11.3 Å². The van der Waals surface area contributed by atoms with E-state index >= 15 is 0 Å². The number of hydrogen-bond acceptors (Lipinski definition) is 3. The Hall–Kier alpha value is -2.94. The van der Waals surface area contributed by atoms with Gasteiger partial charge in [-0.25, -0.2) is 4.79 Å². The zero-order chi connectivity index (χ0) is 17.6. The van der Waals surface area contributed by atoms with E-state index in [0.29, 0.717) is 24.5 Å². The van der Waals surface area contributed by atoms with Gasteiger partial charge in [0.15, 0.2) is 0 Å². The lowest BCUT2D eigenvalue weighted by Gasteiger charge is -2.25. The molecule has 2 amide bonds. The minimum Gasteiger partial charge on any atom is -0.492 e. The van der Waals surface area contributed by atoms with Crippen LogP contribution in [0.25, 0.3) is 0 Å². The molecule has 2 heterocycles. The normalized spacial score (nSPS) is 16.5. The van der Waals surface area contributed by atoms with Crippen molar-refractivity contribution in [1.29, 1.82) is 5.26 Å². The Morgan fingerprint density at radius 3 is 2.84 bits per heavy atom. The number of ether oxygens (including phenoxy) is 1. The van der Waals surface area contributed by atoms with Crippen LogP contribution in [0.15, 0.2) is 42.6 Å². The fourth-order valence-corrected chi connectivity index (χ4v) is 3.19. The van der Waals surface area contributed by atoms with Crippen LogP contribution in [0.4, 0.5) is 4.79 Å². The summed E-state index contributed by atoms with van der Waals surface area (Å²) in [6, 6.07) is 13.2. The molecule has 1 N–H and O–H groups in total. The van der Waals surface area contributed by atoms with Crippen LogP contribution in [0.1, 0.15) is 30.1 Å². The molecule has 1 atom stereocenters. The first kappa shape index (κ1) is 16.9. The van der Waals surface area contributed by atoms with E-state index in [1.807, 2.05) is 24.2 Å². The van der Waals surface area contributed by atoms with Gasteiger partial charge in [-0.05, 0) is 49.2 Å². The zero-order valence-electron chi connectivity index (χ0n) is 14.3.